The predicted octanol–water partition coefficient (Wildman–Crippen LogP) is 17.9. The van der Waals surface area contributed by atoms with E-state index in [2.05, 4.69) is 31.3 Å². The normalized spacial score (nSPS) is 12.7. The Hall–Kier alpha value is -1.66. The van der Waals surface area contributed by atoms with Gasteiger partial charge in [-0.05, 0) is 57.8 Å². The maximum Gasteiger partial charge on any atom is 0.305 e. The van der Waals surface area contributed by atoms with Crippen LogP contribution in [0, 0.1) is 0 Å². The molecule has 0 saturated heterocycles. The fraction of sp³-hybridized carbons (Fsp3) is 0.898. The molecule has 3 N–H and O–H groups in total. The zero-order valence-corrected chi connectivity index (χ0v) is 43.7. The summed E-state index contributed by atoms with van der Waals surface area (Å²) in [6.07, 6.45) is 66.2. The number of esters is 1. The molecule has 2 unspecified atom stereocenters. The van der Waals surface area contributed by atoms with Gasteiger partial charge in [-0.3, -0.25) is 9.59 Å². The van der Waals surface area contributed by atoms with Crippen LogP contribution < -0.4 is 5.32 Å². The zero-order valence-electron chi connectivity index (χ0n) is 43.7. The first kappa shape index (κ1) is 63.3. The van der Waals surface area contributed by atoms with Crippen LogP contribution >= 0.6 is 0 Å². The standard InChI is InChI=1S/C59H113NO5/c1-3-5-7-9-11-13-15-17-18-19-20-21-25-29-33-37-41-45-49-53-59(64)65-54-50-46-42-38-34-30-26-23-22-24-28-32-36-40-44-48-52-58(63)60-56(55-61)57(62)51-47-43-39-35-31-27-16-14-12-10-8-6-4-2/h17-18,47,51,56-57,61-62H,3-16,19-46,48-50,52-55H2,1-2H3,(H,60,63)/b18-17-,51-47+. The molecule has 1 amide bonds. The third kappa shape index (κ3) is 51.6. The highest BCUT2D eigenvalue weighted by molar-refractivity contribution is 5.76. The Kier molecular flexibility index (Phi) is 53.5. The number of unbranched alkanes of at least 4 members (excludes halogenated alkanes) is 41. The van der Waals surface area contributed by atoms with Crippen LogP contribution in [0.2, 0.25) is 0 Å². The number of amides is 1. The number of rotatable bonds is 54. The monoisotopic (exact) mass is 916 g/mol. The molecule has 0 rings (SSSR count). The molecule has 384 valence electrons. The molecule has 0 heterocycles. The van der Waals surface area contributed by atoms with Gasteiger partial charge in [-0.25, -0.2) is 0 Å². The van der Waals surface area contributed by atoms with E-state index in [0.29, 0.717) is 19.4 Å². The maximum atomic E-state index is 12.4. The molecular weight excluding hydrogens is 803 g/mol. The van der Waals surface area contributed by atoms with E-state index in [1.54, 1.807) is 6.08 Å². The molecule has 0 radical (unpaired) electrons. The summed E-state index contributed by atoms with van der Waals surface area (Å²) < 4.78 is 5.49. The molecule has 0 aromatic heterocycles. The maximum absolute atomic E-state index is 12.4. The predicted molar refractivity (Wildman–Crippen MR) is 283 cm³/mol. The summed E-state index contributed by atoms with van der Waals surface area (Å²) >= 11 is 0. The average Bonchev–Trinajstić information content (AvgIpc) is 3.31. The highest BCUT2D eigenvalue weighted by atomic mass is 16.5. The number of carbonyl (C=O) groups is 2. The van der Waals surface area contributed by atoms with Crippen molar-refractivity contribution >= 4 is 11.9 Å². The van der Waals surface area contributed by atoms with Gasteiger partial charge in [-0.2, -0.15) is 0 Å². The topological polar surface area (TPSA) is 95.9 Å². The van der Waals surface area contributed by atoms with E-state index < -0.39 is 12.1 Å². The Morgan fingerprint density at radius 1 is 0.415 bits per heavy atom. The van der Waals surface area contributed by atoms with Crippen molar-refractivity contribution in [3.05, 3.63) is 24.3 Å². The SMILES string of the molecule is CCCCCCCC/C=C\CCCCCCCCCCCC(=O)OCCCCCCCCCCCCCCCCCCC(=O)NC(CO)C(O)/C=C/CCCCCCCCCCCCC. The van der Waals surface area contributed by atoms with Crippen LogP contribution in [0.4, 0.5) is 0 Å². The minimum Gasteiger partial charge on any atom is -0.466 e. The number of aliphatic hydroxyl groups is 2. The van der Waals surface area contributed by atoms with E-state index in [1.165, 1.54) is 244 Å². The number of allylic oxidation sites excluding steroid dienone is 3. The average molecular weight is 917 g/mol. The van der Waals surface area contributed by atoms with Gasteiger partial charge in [0.1, 0.15) is 0 Å². The molecule has 0 aliphatic rings. The summed E-state index contributed by atoms with van der Waals surface area (Å²) in [6, 6.07) is -0.632. The smallest absolute Gasteiger partial charge is 0.305 e. The zero-order chi connectivity index (χ0) is 47.2. The Labute approximate surface area is 405 Å². The van der Waals surface area contributed by atoms with Crippen molar-refractivity contribution in [3.8, 4) is 0 Å². The van der Waals surface area contributed by atoms with Gasteiger partial charge in [0.15, 0.2) is 0 Å². The van der Waals surface area contributed by atoms with Crippen LogP contribution in [0.3, 0.4) is 0 Å². The molecular formula is C59H113NO5. The Bertz CT molecular complexity index is 1010. The molecule has 0 aromatic carbocycles. The minimum absolute atomic E-state index is 0.00184. The molecule has 0 aliphatic carbocycles. The van der Waals surface area contributed by atoms with Crippen LogP contribution in [0.1, 0.15) is 316 Å². The lowest BCUT2D eigenvalue weighted by Gasteiger charge is -2.20. The lowest BCUT2D eigenvalue weighted by Crippen LogP contribution is -2.45. The van der Waals surface area contributed by atoms with Gasteiger partial charge in [0, 0.05) is 12.8 Å². The van der Waals surface area contributed by atoms with Crippen molar-refractivity contribution in [2.75, 3.05) is 13.2 Å². The summed E-state index contributed by atoms with van der Waals surface area (Å²) in [5.41, 5.74) is 0. The molecule has 0 saturated carbocycles. The first-order chi connectivity index (χ1) is 32.0. The highest BCUT2D eigenvalue weighted by Crippen LogP contribution is 2.17. The fourth-order valence-corrected chi connectivity index (χ4v) is 8.98. The lowest BCUT2D eigenvalue weighted by atomic mass is 10.0. The summed E-state index contributed by atoms with van der Waals surface area (Å²) in [5.74, 6) is -0.0725. The molecule has 0 spiro atoms. The fourth-order valence-electron chi connectivity index (χ4n) is 8.98. The number of hydrogen-bond donors (Lipinski definition) is 3. The van der Waals surface area contributed by atoms with E-state index in [4.69, 9.17) is 4.74 Å². The number of ether oxygens (including phenoxy) is 1. The molecule has 0 aliphatic heterocycles. The summed E-state index contributed by atoms with van der Waals surface area (Å²) in [4.78, 5) is 24.5. The Balaban J connectivity index is 3.41. The van der Waals surface area contributed by atoms with Gasteiger partial charge < -0.3 is 20.3 Å². The second-order valence-electron chi connectivity index (χ2n) is 20.0. The van der Waals surface area contributed by atoms with E-state index in [0.717, 1.165) is 44.9 Å². The van der Waals surface area contributed by atoms with E-state index in [9.17, 15) is 19.8 Å². The van der Waals surface area contributed by atoms with Crippen LogP contribution in [0.25, 0.3) is 0 Å². The van der Waals surface area contributed by atoms with Gasteiger partial charge >= 0.3 is 5.97 Å². The van der Waals surface area contributed by atoms with Gasteiger partial charge in [0.2, 0.25) is 5.91 Å². The third-order valence-electron chi connectivity index (χ3n) is 13.5. The minimum atomic E-state index is -0.848. The van der Waals surface area contributed by atoms with E-state index >= 15 is 0 Å². The number of nitrogens with one attached hydrogen (secondary N) is 1. The third-order valence-corrected chi connectivity index (χ3v) is 13.5. The van der Waals surface area contributed by atoms with Crippen molar-refractivity contribution in [2.24, 2.45) is 0 Å². The second kappa shape index (κ2) is 54.9. The van der Waals surface area contributed by atoms with Gasteiger partial charge in [-0.15, -0.1) is 0 Å². The van der Waals surface area contributed by atoms with Crippen LogP contribution in [0.15, 0.2) is 24.3 Å². The van der Waals surface area contributed by atoms with Gasteiger partial charge in [0.25, 0.3) is 0 Å². The lowest BCUT2D eigenvalue weighted by molar-refractivity contribution is -0.143. The number of carbonyl (C=O) groups excluding carboxylic acids is 2. The first-order valence-electron chi connectivity index (χ1n) is 29.1. The van der Waals surface area contributed by atoms with E-state index in [-0.39, 0.29) is 18.5 Å². The molecule has 0 fully saturated rings. The summed E-state index contributed by atoms with van der Waals surface area (Å²) in [6.45, 7) is 4.89. The molecule has 6 nitrogen and oxygen atoms in total. The Morgan fingerprint density at radius 3 is 1.09 bits per heavy atom. The van der Waals surface area contributed by atoms with Crippen molar-refractivity contribution < 1.29 is 24.5 Å². The molecule has 0 bridgehead atoms. The molecule has 0 aromatic rings. The quantitative estimate of drug-likeness (QED) is 0.0321. The summed E-state index contributed by atoms with van der Waals surface area (Å²) in [5, 5.41) is 23.1. The Morgan fingerprint density at radius 2 is 0.723 bits per heavy atom. The van der Waals surface area contributed by atoms with Crippen molar-refractivity contribution in [1.29, 1.82) is 0 Å². The van der Waals surface area contributed by atoms with Crippen LogP contribution in [-0.4, -0.2) is 47.4 Å². The van der Waals surface area contributed by atoms with Gasteiger partial charge in [-0.1, -0.05) is 269 Å². The largest absolute Gasteiger partial charge is 0.466 e. The molecule has 2 atom stereocenters. The van der Waals surface area contributed by atoms with Crippen molar-refractivity contribution in [3.63, 3.8) is 0 Å². The van der Waals surface area contributed by atoms with Crippen molar-refractivity contribution in [2.45, 2.75) is 328 Å². The van der Waals surface area contributed by atoms with Crippen molar-refractivity contribution in [1.82, 2.24) is 5.32 Å². The second-order valence-corrected chi connectivity index (χ2v) is 20.0. The first-order valence-corrected chi connectivity index (χ1v) is 29.1. The number of hydrogen-bond acceptors (Lipinski definition) is 5. The molecule has 65 heavy (non-hydrogen) atoms. The highest BCUT2D eigenvalue weighted by Gasteiger charge is 2.18. The summed E-state index contributed by atoms with van der Waals surface area (Å²) in [7, 11) is 0. The van der Waals surface area contributed by atoms with E-state index in [1.807, 2.05) is 6.08 Å². The number of aliphatic hydroxyl groups excluding tert-OH is 2. The molecule has 6 heteroatoms. The van der Waals surface area contributed by atoms with Gasteiger partial charge in [0.05, 0.1) is 25.4 Å². The van der Waals surface area contributed by atoms with Crippen LogP contribution in [0.5, 0.6) is 0 Å². The van der Waals surface area contributed by atoms with Crippen LogP contribution in [-0.2, 0) is 14.3 Å².